The van der Waals surface area contributed by atoms with Crippen LogP contribution >= 0.6 is 0 Å². The van der Waals surface area contributed by atoms with Gasteiger partial charge in [-0.2, -0.15) is 8.78 Å². The fourth-order valence-electron chi connectivity index (χ4n) is 0.893. The minimum atomic E-state index is -4.03. The van der Waals surface area contributed by atoms with Gasteiger partial charge in [-0.1, -0.05) is 0 Å². The summed E-state index contributed by atoms with van der Waals surface area (Å²) >= 11 is 0. The molecule has 0 radical (unpaired) electrons. The van der Waals surface area contributed by atoms with Crippen LogP contribution < -0.4 is 0 Å². The number of rotatable bonds is 0. The van der Waals surface area contributed by atoms with Crippen LogP contribution in [0.4, 0.5) is 26.3 Å². The Labute approximate surface area is 57.5 Å². The lowest BCUT2D eigenvalue weighted by Gasteiger charge is -2.36. The molecule has 0 aromatic heterocycles. The molecule has 0 saturated heterocycles. The van der Waals surface area contributed by atoms with Crippen molar-refractivity contribution in [2.45, 2.75) is 18.3 Å². The van der Waals surface area contributed by atoms with Crippen LogP contribution in [-0.4, -0.2) is 11.8 Å². The smallest absolute Gasteiger partial charge is 0.201 e. The summed E-state index contributed by atoms with van der Waals surface area (Å²) in [7, 11) is 0. The minimum Gasteiger partial charge on any atom is -0.201 e. The first-order chi connectivity index (χ1) is 4.77. The summed E-state index contributed by atoms with van der Waals surface area (Å²) in [6.07, 6.45) is -4.79. The number of halogens is 6. The van der Waals surface area contributed by atoms with Crippen LogP contribution in [-0.2, 0) is 0 Å². The Morgan fingerprint density at radius 1 is 1.00 bits per heavy atom. The van der Waals surface area contributed by atoms with Crippen molar-refractivity contribution in [3.05, 3.63) is 11.7 Å². The molecule has 0 N–H and O–H groups in total. The number of alkyl halides is 4. The first-order valence-corrected chi connectivity index (χ1v) is 2.59. The Hall–Kier alpha value is -0.680. The van der Waals surface area contributed by atoms with Gasteiger partial charge in [0, 0.05) is 0 Å². The molecular formula is C5H2F6. The van der Waals surface area contributed by atoms with Gasteiger partial charge in [0.25, 0.3) is 17.9 Å². The van der Waals surface area contributed by atoms with Gasteiger partial charge < -0.3 is 0 Å². The lowest BCUT2D eigenvalue weighted by Crippen LogP contribution is -2.49. The summed E-state index contributed by atoms with van der Waals surface area (Å²) in [6.45, 7) is 0. The molecule has 0 spiro atoms. The molecule has 0 atom stereocenters. The molecule has 0 heterocycles. The van der Waals surface area contributed by atoms with Gasteiger partial charge in [-0.25, -0.2) is 17.6 Å². The second kappa shape index (κ2) is 1.92. The highest BCUT2D eigenvalue weighted by Crippen LogP contribution is 2.55. The molecule has 0 aromatic carbocycles. The van der Waals surface area contributed by atoms with E-state index in [1.54, 1.807) is 0 Å². The van der Waals surface area contributed by atoms with Crippen molar-refractivity contribution in [3.63, 3.8) is 0 Å². The van der Waals surface area contributed by atoms with Crippen LogP contribution in [0.2, 0.25) is 0 Å². The Kier molecular flexibility index (Phi) is 1.47. The molecule has 1 rings (SSSR count). The zero-order valence-corrected chi connectivity index (χ0v) is 4.97. The van der Waals surface area contributed by atoms with Crippen LogP contribution in [0.3, 0.4) is 0 Å². The predicted octanol–water partition coefficient (Wildman–Crippen LogP) is 2.81. The van der Waals surface area contributed by atoms with Crippen molar-refractivity contribution in [1.29, 1.82) is 0 Å². The number of hydrogen-bond acceptors (Lipinski definition) is 0. The number of allylic oxidation sites excluding steroid dienone is 1. The SMILES string of the molecule is FC(F)=C1C(F)(F)CC1(F)F. The van der Waals surface area contributed by atoms with Gasteiger partial charge in [0.15, 0.2) is 0 Å². The highest BCUT2D eigenvalue weighted by Gasteiger charge is 2.66. The zero-order valence-electron chi connectivity index (χ0n) is 4.97. The van der Waals surface area contributed by atoms with Crippen LogP contribution in [0.1, 0.15) is 6.42 Å². The summed E-state index contributed by atoms with van der Waals surface area (Å²) in [6, 6.07) is 0. The maximum Gasteiger partial charge on any atom is 0.286 e. The van der Waals surface area contributed by atoms with E-state index in [2.05, 4.69) is 0 Å². The standard InChI is InChI=1S/C5H2F6/c6-3(7)2-4(8,9)1-5(2,10)11/h1H2. The lowest BCUT2D eigenvalue weighted by molar-refractivity contribution is -0.165. The third-order valence-corrected chi connectivity index (χ3v) is 1.36. The summed E-state index contributed by atoms with van der Waals surface area (Å²) in [4.78, 5) is 0. The molecule has 11 heavy (non-hydrogen) atoms. The van der Waals surface area contributed by atoms with Gasteiger partial charge in [-0.15, -0.1) is 0 Å². The zero-order chi connectivity index (χ0) is 8.86. The van der Waals surface area contributed by atoms with Crippen molar-refractivity contribution in [1.82, 2.24) is 0 Å². The summed E-state index contributed by atoms with van der Waals surface area (Å²) < 4.78 is 70.5. The average Bonchev–Trinajstić information content (AvgIpc) is 1.53. The van der Waals surface area contributed by atoms with E-state index in [9.17, 15) is 26.3 Å². The normalized spacial score (nSPS) is 26.2. The fourth-order valence-corrected chi connectivity index (χ4v) is 0.893. The van der Waals surface area contributed by atoms with Crippen molar-refractivity contribution >= 4 is 0 Å². The Balaban J connectivity index is 3.00. The molecule has 0 nitrogen and oxygen atoms in total. The molecule has 0 bridgehead atoms. The van der Waals surface area contributed by atoms with E-state index in [1.807, 2.05) is 0 Å². The predicted molar refractivity (Wildman–Crippen MR) is 23.8 cm³/mol. The minimum absolute atomic E-state index is 1.81. The second-order valence-electron chi connectivity index (χ2n) is 2.22. The highest BCUT2D eigenvalue weighted by atomic mass is 19.3. The molecule has 0 unspecified atom stereocenters. The molecule has 0 aromatic rings. The largest absolute Gasteiger partial charge is 0.286 e. The quantitative estimate of drug-likeness (QED) is 0.498. The summed E-state index contributed by atoms with van der Waals surface area (Å²) in [5.41, 5.74) is -2.33. The Morgan fingerprint density at radius 3 is 1.45 bits per heavy atom. The second-order valence-corrected chi connectivity index (χ2v) is 2.22. The molecule has 64 valence electrons. The molecule has 1 aliphatic carbocycles. The third-order valence-electron chi connectivity index (χ3n) is 1.36. The summed E-state index contributed by atoms with van der Waals surface area (Å²) in [5, 5.41) is 0. The lowest BCUT2D eigenvalue weighted by atomic mass is 9.83. The molecule has 0 aliphatic heterocycles. The van der Waals surface area contributed by atoms with E-state index in [0.717, 1.165) is 0 Å². The Bertz CT molecular complexity index is 195. The molecule has 1 aliphatic rings. The maximum atomic E-state index is 11.9. The van der Waals surface area contributed by atoms with Gasteiger partial charge >= 0.3 is 0 Å². The van der Waals surface area contributed by atoms with Crippen LogP contribution in [0, 0.1) is 0 Å². The van der Waals surface area contributed by atoms with E-state index in [1.165, 1.54) is 0 Å². The molecule has 0 amide bonds. The van der Waals surface area contributed by atoms with Crippen molar-refractivity contribution in [3.8, 4) is 0 Å². The fraction of sp³-hybridized carbons (Fsp3) is 0.600. The highest BCUT2D eigenvalue weighted by molar-refractivity contribution is 5.32. The van der Waals surface area contributed by atoms with E-state index in [0.29, 0.717) is 0 Å². The van der Waals surface area contributed by atoms with E-state index in [4.69, 9.17) is 0 Å². The van der Waals surface area contributed by atoms with E-state index in [-0.39, 0.29) is 0 Å². The topological polar surface area (TPSA) is 0 Å². The first-order valence-electron chi connectivity index (χ1n) is 2.59. The van der Waals surface area contributed by atoms with Crippen molar-refractivity contribution in [2.75, 3.05) is 0 Å². The van der Waals surface area contributed by atoms with Crippen molar-refractivity contribution in [2.24, 2.45) is 0 Å². The van der Waals surface area contributed by atoms with Crippen LogP contribution in [0.25, 0.3) is 0 Å². The van der Waals surface area contributed by atoms with Gasteiger partial charge in [0.05, 0.1) is 6.42 Å². The first kappa shape index (κ1) is 8.42. The maximum absolute atomic E-state index is 11.9. The van der Waals surface area contributed by atoms with Crippen LogP contribution in [0.5, 0.6) is 0 Å². The molecule has 1 fully saturated rings. The van der Waals surface area contributed by atoms with Gasteiger partial charge in [0.2, 0.25) is 0 Å². The Morgan fingerprint density at radius 2 is 1.36 bits per heavy atom. The summed E-state index contributed by atoms with van der Waals surface area (Å²) in [5.74, 6) is -8.05. The average molecular weight is 176 g/mol. The van der Waals surface area contributed by atoms with E-state index < -0.39 is 29.9 Å². The third kappa shape index (κ3) is 1.10. The molecule has 6 heteroatoms. The van der Waals surface area contributed by atoms with Gasteiger partial charge in [-0.05, 0) is 0 Å². The van der Waals surface area contributed by atoms with Gasteiger partial charge in [-0.3, -0.25) is 0 Å². The monoisotopic (exact) mass is 176 g/mol. The van der Waals surface area contributed by atoms with Crippen LogP contribution in [0.15, 0.2) is 11.7 Å². The van der Waals surface area contributed by atoms with E-state index >= 15 is 0 Å². The van der Waals surface area contributed by atoms with Gasteiger partial charge in [0.1, 0.15) is 5.57 Å². The van der Waals surface area contributed by atoms with Crippen molar-refractivity contribution < 1.29 is 26.3 Å². The molecule has 1 saturated carbocycles. The number of hydrogen-bond donors (Lipinski definition) is 0. The molecular weight excluding hydrogens is 174 g/mol.